The Balaban J connectivity index is 1.46. The van der Waals surface area contributed by atoms with E-state index in [-0.39, 0.29) is 17.9 Å². The number of nitrogens with two attached hydrogens (primary N) is 1. The Morgan fingerprint density at radius 3 is 2.67 bits per heavy atom. The molecule has 1 amide bonds. The molecule has 0 aromatic heterocycles. The highest BCUT2D eigenvalue weighted by molar-refractivity contribution is 5.92. The van der Waals surface area contributed by atoms with E-state index in [4.69, 9.17) is 10.5 Å². The van der Waals surface area contributed by atoms with E-state index in [9.17, 15) is 4.79 Å². The van der Waals surface area contributed by atoms with Crippen LogP contribution in [0.2, 0.25) is 0 Å². The molecule has 0 spiro atoms. The molecule has 3 rings (SSSR count). The van der Waals surface area contributed by atoms with Gasteiger partial charge in [0.05, 0.1) is 13.2 Å². The van der Waals surface area contributed by atoms with Gasteiger partial charge in [0.2, 0.25) is 5.91 Å². The van der Waals surface area contributed by atoms with E-state index in [1.165, 1.54) is 5.56 Å². The molecule has 132 valence electrons. The molecule has 0 radical (unpaired) electrons. The van der Waals surface area contributed by atoms with E-state index < -0.39 is 0 Å². The van der Waals surface area contributed by atoms with Gasteiger partial charge < -0.3 is 15.8 Å². The Bertz CT molecular complexity index is 526. The lowest BCUT2D eigenvalue weighted by molar-refractivity contribution is -0.120. The zero-order chi connectivity index (χ0) is 16.8. The van der Waals surface area contributed by atoms with Crippen LogP contribution in [0.5, 0.6) is 0 Å². The van der Waals surface area contributed by atoms with E-state index in [1.54, 1.807) is 0 Å². The summed E-state index contributed by atoms with van der Waals surface area (Å²) in [7, 11) is 0. The predicted molar refractivity (Wildman–Crippen MR) is 96.0 cm³/mol. The highest BCUT2D eigenvalue weighted by Crippen LogP contribution is 2.24. The van der Waals surface area contributed by atoms with Crippen LogP contribution >= 0.6 is 0 Å². The highest BCUT2D eigenvalue weighted by Gasteiger charge is 2.25. The third-order valence-corrected chi connectivity index (χ3v) is 5.13. The first-order valence-electron chi connectivity index (χ1n) is 9.16. The summed E-state index contributed by atoms with van der Waals surface area (Å²) in [6, 6.07) is 8.42. The zero-order valence-corrected chi connectivity index (χ0v) is 14.4. The molecule has 1 saturated heterocycles. The van der Waals surface area contributed by atoms with Gasteiger partial charge in [-0.25, -0.2) is 0 Å². The molecule has 5 nitrogen and oxygen atoms in total. The molecule has 1 aliphatic carbocycles. The molecular formula is C19H29N3O2. The lowest BCUT2D eigenvalue weighted by Gasteiger charge is -2.26. The molecule has 1 aromatic rings. The number of hydrogen-bond donors (Lipinski definition) is 2. The van der Waals surface area contributed by atoms with Crippen LogP contribution in [-0.4, -0.2) is 49.7 Å². The van der Waals surface area contributed by atoms with Crippen molar-refractivity contribution in [1.82, 2.24) is 4.90 Å². The summed E-state index contributed by atoms with van der Waals surface area (Å²) in [5.41, 5.74) is 8.17. The van der Waals surface area contributed by atoms with Gasteiger partial charge in [-0.05, 0) is 43.4 Å². The van der Waals surface area contributed by atoms with Gasteiger partial charge >= 0.3 is 0 Å². The Morgan fingerprint density at radius 1 is 1.21 bits per heavy atom. The molecule has 2 atom stereocenters. The van der Waals surface area contributed by atoms with Crippen molar-refractivity contribution >= 4 is 11.6 Å². The largest absolute Gasteiger partial charge is 0.379 e. The fourth-order valence-corrected chi connectivity index (χ4v) is 3.58. The van der Waals surface area contributed by atoms with Crippen LogP contribution in [0, 0.1) is 5.92 Å². The number of nitrogens with zero attached hydrogens (tertiary/aromatic N) is 1. The monoisotopic (exact) mass is 331 g/mol. The van der Waals surface area contributed by atoms with Crippen molar-refractivity contribution in [3.63, 3.8) is 0 Å². The van der Waals surface area contributed by atoms with Crippen molar-refractivity contribution in [3.05, 3.63) is 29.8 Å². The van der Waals surface area contributed by atoms with Crippen molar-refractivity contribution in [1.29, 1.82) is 0 Å². The number of benzene rings is 1. The molecule has 0 bridgehead atoms. The predicted octanol–water partition coefficient (Wildman–Crippen LogP) is 2.02. The van der Waals surface area contributed by atoms with Crippen molar-refractivity contribution in [3.8, 4) is 0 Å². The van der Waals surface area contributed by atoms with Crippen LogP contribution in [0.15, 0.2) is 24.3 Å². The van der Waals surface area contributed by atoms with Crippen LogP contribution < -0.4 is 11.1 Å². The Labute approximate surface area is 144 Å². The second-order valence-electron chi connectivity index (χ2n) is 7.01. The molecule has 2 fully saturated rings. The van der Waals surface area contributed by atoms with E-state index in [2.05, 4.69) is 22.3 Å². The summed E-state index contributed by atoms with van der Waals surface area (Å²) in [5.74, 6) is 0.181. The summed E-state index contributed by atoms with van der Waals surface area (Å²) >= 11 is 0. The molecule has 24 heavy (non-hydrogen) atoms. The van der Waals surface area contributed by atoms with E-state index >= 15 is 0 Å². The quantitative estimate of drug-likeness (QED) is 0.866. The van der Waals surface area contributed by atoms with Gasteiger partial charge in [0, 0.05) is 37.3 Å². The molecule has 1 saturated carbocycles. The maximum atomic E-state index is 12.3. The maximum absolute atomic E-state index is 12.3. The van der Waals surface area contributed by atoms with Gasteiger partial charge in [-0.15, -0.1) is 0 Å². The summed E-state index contributed by atoms with van der Waals surface area (Å²) in [4.78, 5) is 14.8. The Hall–Kier alpha value is -1.43. The van der Waals surface area contributed by atoms with Gasteiger partial charge in [-0.2, -0.15) is 0 Å². The Kier molecular flexibility index (Phi) is 6.24. The smallest absolute Gasteiger partial charge is 0.227 e. The summed E-state index contributed by atoms with van der Waals surface area (Å²) in [5, 5.41) is 3.04. The van der Waals surface area contributed by atoms with Gasteiger partial charge in [0.25, 0.3) is 0 Å². The molecule has 5 heteroatoms. The van der Waals surface area contributed by atoms with Gasteiger partial charge in [0.15, 0.2) is 0 Å². The standard InChI is InChI=1S/C19H29N3O2/c20-17-3-1-2-16(14-17)19(23)21-18-6-4-15(5-7-18)8-9-22-10-12-24-13-11-22/h4-7,16-17H,1-3,8-14,20H2,(H,21,23). The molecule has 2 unspecified atom stereocenters. The number of anilines is 1. The van der Waals surface area contributed by atoms with Crippen molar-refractivity contribution in [2.75, 3.05) is 38.2 Å². The lowest BCUT2D eigenvalue weighted by atomic mass is 9.85. The van der Waals surface area contributed by atoms with Gasteiger partial charge in [-0.1, -0.05) is 18.6 Å². The van der Waals surface area contributed by atoms with Crippen LogP contribution in [-0.2, 0) is 16.0 Å². The van der Waals surface area contributed by atoms with E-state index in [0.29, 0.717) is 0 Å². The normalized spacial score (nSPS) is 25.4. The summed E-state index contributed by atoms with van der Waals surface area (Å²) in [6.45, 7) is 4.80. The number of hydrogen-bond acceptors (Lipinski definition) is 4. The minimum absolute atomic E-state index is 0.0646. The second-order valence-corrected chi connectivity index (χ2v) is 7.01. The number of carbonyl (C=O) groups excluding carboxylic acids is 1. The number of morpholine rings is 1. The first kappa shape index (κ1) is 17.4. The maximum Gasteiger partial charge on any atom is 0.227 e. The number of carbonyl (C=O) groups is 1. The summed E-state index contributed by atoms with van der Waals surface area (Å²) < 4.78 is 5.37. The van der Waals surface area contributed by atoms with Crippen LogP contribution in [0.1, 0.15) is 31.2 Å². The molecule has 1 aromatic carbocycles. The molecular weight excluding hydrogens is 302 g/mol. The molecule has 2 aliphatic rings. The first-order valence-corrected chi connectivity index (χ1v) is 9.16. The fourth-order valence-electron chi connectivity index (χ4n) is 3.58. The number of amides is 1. The number of ether oxygens (including phenoxy) is 1. The van der Waals surface area contributed by atoms with Crippen molar-refractivity contribution < 1.29 is 9.53 Å². The SMILES string of the molecule is NC1CCCC(C(=O)Nc2ccc(CCN3CCOCC3)cc2)C1. The molecule has 3 N–H and O–H groups in total. The highest BCUT2D eigenvalue weighted by atomic mass is 16.5. The second kappa shape index (κ2) is 8.60. The average molecular weight is 331 g/mol. The topological polar surface area (TPSA) is 67.6 Å². The van der Waals surface area contributed by atoms with Gasteiger partial charge in [0.1, 0.15) is 0 Å². The first-order chi connectivity index (χ1) is 11.7. The third kappa shape index (κ3) is 5.03. The van der Waals surface area contributed by atoms with Crippen molar-refractivity contribution in [2.45, 2.75) is 38.1 Å². The lowest BCUT2D eigenvalue weighted by Crippen LogP contribution is -2.37. The minimum Gasteiger partial charge on any atom is -0.379 e. The Morgan fingerprint density at radius 2 is 1.96 bits per heavy atom. The average Bonchev–Trinajstić information content (AvgIpc) is 2.62. The number of nitrogens with one attached hydrogen (secondary N) is 1. The van der Waals surface area contributed by atoms with Gasteiger partial charge in [-0.3, -0.25) is 9.69 Å². The zero-order valence-electron chi connectivity index (χ0n) is 14.4. The van der Waals surface area contributed by atoms with E-state index in [0.717, 1.165) is 70.6 Å². The third-order valence-electron chi connectivity index (χ3n) is 5.13. The number of rotatable bonds is 5. The van der Waals surface area contributed by atoms with Crippen LogP contribution in [0.25, 0.3) is 0 Å². The molecule has 1 heterocycles. The van der Waals surface area contributed by atoms with Crippen molar-refractivity contribution in [2.24, 2.45) is 11.7 Å². The molecule has 1 aliphatic heterocycles. The van der Waals surface area contributed by atoms with Crippen LogP contribution in [0.4, 0.5) is 5.69 Å². The summed E-state index contributed by atoms with van der Waals surface area (Å²) in [6.07, 6.45) is 4.90. The fraction of sp³-hybridized carbons (Fsp3) is 0.632. The van der Waals surface area contributed by atoms with E-state index in [1.807, 2.05) is 12.1 Å². The minimum atomic E-state index is 0.0646. The van der Waals surface area contributed by atoms with Crippen LogP contribution in [0.3, 0.4) is 0 Å².